The number of aliphatic imine (C=N–C) groups is 1. The Labute approximate surface area is 216 Å². The average molecular weight is 524 g/mol. The molecule has 0 aliphatic carbocycles. The second kappa shape index (κ2) is 10.6. The zero-order valence-electron chi connectivity index (χ0n) is 19.8. The number of fused-ring (bicyclic) bond motifs is 1. The van der Waals surface area contributed by atoms with E-state index in [1.54, 1.807) is 24.1 Å². The van der Waals surface area contributed by atoms with Crippen molar-refractivity contribution < 1.29 is 23.4 Å². The van der Waals surface area contributed by atoms with Crippen molar-refractivity contribution in [3.63, 3.8) is 0 Å². The van der Waals surface area contributed by atoms with Crippen LogP contribution < -0.4 is 0 Å². The predicted octanol–water partition coefficient (Wildman–Crippen LogP) is 4.24. The molecule has 4 aromatic rings. The van der Waals surface area contributed by atoms with Crippen molar-refractivity contribution in [3.8, 4) is 11.1 Å². The van der Waals surface area contributed by atoms with Gasteiger partial charge in [0.2, 0.25) is 0 Å². The molecule has 0 spiro atoms. The number of carbonyl (C=O) groups excluding carboxylic acids is 1. The highest BCUT2D eigenvalue weighted by molar-refractivity contribution is 6.33. The molecule has 1 amide bonds. The monoisotopic (exact) mass is 523 g/mol. The first-order chi connectivity index (χ1) is 18.0. The SMILES string of the molecule is COC[C@H]1Cn2cc(-c3cc(N=Cc4cocn4)ncc3Cl)cc2C(=O)N1Cc1cc(F)ccc1CO. The fourth-order valence-corrected chi connectivity index (χ4v) is 4.59. The van der Waals surface area contributed by atoms with Gasteiger partial charge in [-0.3, -0.25) is 4.79 Å². The number of hydrogen-bond acceptors (Lipinski definition) is 7. The highest BCUT2D eigenvalue weighted by Crippen LogP contribution is 2.34. The third-order valence-corrected chi connectivity index (χ3v) is 6.50. The average Bonchev–Trinajstić information content (AvgIpc) is 3.56. The Morgan fingerprint density at radius 2 is 2.16 bits per heavy atom. The van der Waals surface area contributed by atoms with Crippen LogP contribution in [0.5, 0.6) is 0 Å². The van der Waals surface area contributed by atoms with Crippen molar-refractivity contribution in [1.29, 1.82) is 0 Å². The van der Waals surface area contributed by atoms with Crippen LogP contribution in [0.1, 0.15) is 27.3 Å². The third-order valence-electron chi connectivity index (χ3n) is 6.20. The fraction of sp³-hybridized carbons (Fsp3) is 0.231. The summed E-state index contributed by atoms with van der Waals surface area (Å²) < 4.78 is 26.2. The van der Waals surface area contributed by atoms with Crippen molar-refractivity contribution in [2.45, 2.75) is 25.7 Å². The molecule has 0 saturated carbocycles. The van der Waals surface area contributed by atoms with Gasteiger partial charge in [0.1, 0.15) is 23.5 Å². The Kier molecular flexibility index (Phi) is 7.13. The Bertz CT molecular complexity index is 1450. The van der Waals surface area contributed by atoms with Gasteiger partial charge in [-0.05, 0) is 35.4 Å². The summed E-state index contributed by atoms with van der Waals surface area (Å²) in [5, 5.41) is 10.1. The molecule has 1 N–H and O–H groups in total. The number of aromatic nitrogens is 3. The van der Waals surface area contributed by atoms with E-state index in [-0.39, 0.29) is 25.1 Å². The van der Waals surface area contributed by atoms with E-state index in [0.717, 1.165) is 5.56 Å². The van der Waals surface area contributed by atoms with Gasteiger partial charge in [-0.15, -0.1) is 0 Å². The Morgan fingerprint density at radius 1 is 1.30 bits per heavy atom. The number of benzene rings is 1. The maximum Gasteiger partial charge on any atom is 0.271 e. The summed E-state index contributed by atoms with van der Waals surface area (Å²) in [6.45, 7) is 0.644. The van der Waals surface area contributed by atoms with E-state index in [1.807, 2.05) is 10.8 Å². The second-order valence-electron chi connectivity index (χ2n) is 8.57. The van der Waals surface area contributed by atoms with Gasteiger partial charge in [0.25, 0.3) is 5.91 Å². The van der Waals surface area contributed by atoms with Gasteiger partial charge in [0.15, 0.2) is 12.2 Å². The molecule has 4 heterocycles. The first-order valence-electron chi connectivity index (χ1n) is 11.4. The molecule has 11 heteroatoms. The number of carbonyl (C=O) groups is 1. The van der Waals surface area contributed by atoms with Crippen LogP contribution in [0.3, 0.4) is 0 Å². The highest BCUT2D eigenvalue weighted by Gasteiger charge is 2.33. The van der Waals surface area contributed by atoms with E-state index < -0.39 is 5.82 Å². The molecule has 5 rings (SSSR count). The third kappa shape index (κ3) is 5.17. The van der Waals surface area contributed by atoms with Gasteiger partial charge >= 0.3 is 0 Å². The molecule has 1 aromatic carbocycles. The van der Waals surface area contributed by atoms with Crippen molar-refractivity contribution in [3.05, 3.63) is 88.7 Å². The standard InChI is InChI=1S/C26H23ClFN5O4/c1-36-14-21-11-32-9-18(22-6-25(30-8-23(22)27)29-7-20-13-37-15-31-20)5-24(32)26(35)33(21)10-17-4-19(28)3-2-16(17)12-34/h2-9,13,15,21,34H,10-12,14H2,1H3/t21-/m1/s1. The number of aliphatic hydroxyl groups excluding tert-OH is 1. The maximum absolute atomic E-state index is 14.0. The molecule has 0 bridgehead atoms. The normalized spacial score (nSPS) is 15.5. The minimum atomic E-state index is -0.431. The van der Waals surface area contributed by atoms with E-state index in [2.05, 4.69) is 15.0 Å². The van der Waals surface area contributed by atoms with Crippen LogP contribution >= 0.6 is 11.6 Å². The van der Waals surface area contributed by atoms with Gasteiger partial charge < -0.3 is 23.7 Å². The molecular formula is C26H23ClFN5O4. The zero-order valence-corrected chi connectivity index (χ0v) is 20.6. The fourth-order valence-electron chi connectivity index (χ4n) is 4.38. The number of aliphatic hydroxyl groups is 1. The predicted molar refractivity (Wildman–Crippen MR) is 134 cm³/mol. The first-order valence-corrected chi connectivity index (χ1v) is 11.8. The van der Waals surface area contributed by atoms with Gasteiger partial charge in [0.05, 0.1) is 30.5 Å². The lowest BCUT2D eigenvalue weighted by atomic mass is 10.0. The molecule has 0 fully saturated rings. The van der Waals surface area contributed by atoms with Crippen LogP contribution in [0.4, 0.5) is 10.2 Å². The Hall–Kier alpha value is -3.86. The quantitative estimate of drug-likeness (QED) is 0.346. The summed E-state index contributed by atoms with van der Waals surface area (Å²) in [7, 11) is 1.57. The van der Waals surface area contributed by atoms with Crippen molar-refractivity contribution in [1.82, 2.24) is 19.4 Å². The second-order valence-corrected chi connectivity index (χ2v) is 8.98. The molecule has 190 valence electrons. The summed E-state index contributed by atoms with van der Waals surface area (Å²) in [5.74, 6) is -0.249. The van der Waals surface area contributed by atoms with Crippen LogP contribution in [0.25, 0.3) is 11.1 Å². The van der Waals surface area contributed by atoms with Crippen LogP contribution in [-0.2, 0) is 24.4 Å². The number of pyridine rings is 1. The van der Waals surface area contributed by atoms with E-state index in [4.69, 9.17) is 20.8 Å². The van der Waals surface area contributed by atoms with Crippen LogP contribution in [-0.4, -0.2) is 56.4 Å². The molecule has 37 heavy (non-hydrogen) atoms. The minimum absolute atomic E-state index is 0.137. The van der Waals surface area contributed by atoms with E-state index in [1.165, 1.54) is 43.3 Å². The summed E-state index contributed by atoms with van der Waals surface area (Å²) in [6, 6.07) is 7.37. The smallest absolute Gasteiger partial charge is 0.271 e. The molecular weight excluding hydrogens is 501 g/mol. The lowest BCUT2D eigenvalue weighted by Crippen LogP contribution is -2.49. The zero-order chi connectivity index (χ0) is 25.9. The highest BCUT2D eigenvalue weighted by atomic mass is 35.5. The maximum atomic E-state index is 14.0. The molecule has 9 nitrogen and oxygen atoms in total. The molecule has 0 saturated heterocycles. The van der Waals surface area contributed by atoms with E-state index in [9.17, 15) is 14.3 Å². The number of oxazole rings is 1. The van der Waals surface area contributed by atoms with Crippen LogP contribution in [0.2, 0.25) is 5.02 Å². The topological polar surface area (TPSA) is 106 Å². The van der Waals surface area contributed by atoms with Crippen LogP contribution in [0.15, 0.2) is 64.8 Å². The summed E-state index contributed by atoms with van der Waals surface area (Å²) in [4.78, 5) is 27.8. The number of rotatable bonds is 8. The number of nitrogens with zero attached hydrogens (tertiary/aromatic N) is 5. The van der Waals surface area contributed by atoms with Crippen molar-refractivity contribution in [2.75, 3.05) is 13.7 Å². The van der Waals surface area contributed by atoms with E-state index >= 15 is 0 Å². The van der Waals surface area contributed by atoms with Gasteiger partial charge in [-0.25, -0.2) is 19.4 Å². The largest absolute Gasteiger partial charge is 0.451 e. The summed E-state index contributed by atoms with van der Waals surface area (Å²) in [6.07, 6.45) is 7.66. The first kappa shape index (κ1) is 24.8. The Morgan fingerprint density at radius 3 is 2.92 bits per heavy atom. The number of halogens is 2. The molecule has 1 aliphatic rings. The number of methoxy groups -OCH3 is 1. The van der Waals surface area contributed by atoms with Gasteiger partial charge in [-0.2, -0.15) is 0 Å². The lowest BCUT2D eigenvalue weighted by molar-refractivity contribution is 0.0386. The van der Waals surface area contributed by atoms with Crippen molar-refractivity contribution in [2.24, 2.45) is 4.99 Å². The molecule has 0 radical (unpaired) electrons. The summed E-state index contributed by atoms with van der Waals surface area (Å²) in [5.41, 5.74) is 3.52. The minimum Gasteiger partial charge on any atom is -0.451 e. The van der Waals surface area contributed by atoms with E-state index in [0.29, 0.717) is 52.1 Å². The van der Waals surface area contributed by atoms with Crippen molar-refractivity contribution >= 4 is 29.5 Å². The molecule has 1 atom stereocenters. The van der Waals surface area contributed by atoms with Gasteiger partial charge in [-0.1, -0.05) is 17.7 Å². The van der Waals surface area contributed by atoms with Gasteiger partial charge in [0, 0.05) is 43.7 Å². The van der Waals surface area contributed by atoms with Crippen LogP contribution in [0, 0.1) is 5.82 Å². The number of ether oxygens (including phenoxy) is 1. The molecule has 1 aliphatic heterocycles. The molecule has 0 unspecified atom stereocenters. The number of hydrogen-bond donors (Lipinski definition) is 1. The lowest BCUT2D eigenvalue weighted by Gasteiger charge is -2.36. The Balaban J connectivity index is 1.47. The summed E-state index contributed by atoms with van der Waals surface area (Å²) >= 11 is 6.47. The number of amides is 1. The molecule has 3 aromatic heterocycles.